The van der Waals surface area contributed by atoms with Gasteiger partial charge in [0.1, 0.15) is 5.88 Å². The van der Waals surface area contributed by atoms with Crippen molar-refractivity contribution in [1.82, 2.24) is 15.2 Å². The van der Waals surface area contributed by atoms with Gasteiger partial charge in [-0.25, -0.2) is 0 Å². The van der Waals surface area contributed by atoms with Crippen LogP contribution in [0.1, 0.15) is 23.5 Å². The number of amides is 1. The standard InChI is InChI=1S/C17H20ClN3O/c1-21-9-11(20-16(22)7-18)6-13-12-3-2-4-14-17(12)10(8-19-14)5-15(13)21/h2-4,8,11,13,15,19H,5-7,9H2,1H3,(H,20,22)/t11-,13-,15-/m1/s1. The van der Waals surface area contributed by atoms with E-state index in [2.05, 4.69) is 46.6 Å². The lowest BCUT2D eigenvalue weighted by molar-refractivity contribution is -0.119. The average Bonchev–Trinajstić information content (AvgIpc) is 2.93. The van der Waals surface area contributed by atoms with Crippen LogP contribution in [-0.4, -0.2) is 47.3 Å². The molecule has 1 aromatic carbocycles. The summed E-state index contributed by atoms with van der Waals surface area (Å²) in [5.74, 6) is 0.424. The van der Waals surface area contributed by atoms with Gasteiger partial charge < -0.3 is 15.2 Å². The smallest absolute Gasteiger partial charge is 0.235 e. The fraction of sp³-hybridized carbons (Fsp3) is 0.471. The van der Waals surface area contributed by atoms with E-state index in [1.54, 1.807) is 0 Å². The van der Waals surface area contributed by atoms with Gasteiger partial charge in [0.05, 0.1) is 0 Å². The molecule has 4 nitrogen and oxygen atoms in total. The molecule has 0 unspecified atom stereocenters. The Bertz CT molecular complexity index is 726. The van der Waals surface area contributed by atoms with Gasteiger partial charge in [0.2, 0.25) is 5.91 Å². The maximum atomic E-state index is 11.6. The second-order valence-electron chi connectivity index (χ2n) is 6.54. The third-order valence-electron chi connectivity index (χ3n) is 5.21. The summed E-state index contributed by atoms with van der Waals surface area (Å²) >= 11 is 5.63. The van der Waals surface area contributed by atoms with Gasteiger partial charge in [0.15, 0.2) is 0 Å². The van der Waals surface area contributed by atoms with Crippen LogP contribution >= 0.6 is 11.6 Å². The van der Waals surface area contributed by atoms with E-state index >= 15 is 0 Å². The molecule has 0 saturated carbocycles. The fourth-order valence-electron chi connectivity index (χ4n) is 4.31. The van der Waals surface area contributed by atoms with Crippen LogP contribution in [0.5, 0.6) is 0 Å². The largest absolute Gasteiger partial charge is 0.361 e. The van der Waals surface area contributed by atoms with E-state index < -0.39 is 0 Å². The van der Waals surface area contributed by atoms with Crippen LogP contribution in [0, 0.1) is 0 Å². The van der Waals surface area contributed by atoms with Gasteiger partial charge in [-0.2, -0.15) is 0 Å². The lowest BCUT2D eigenvalue weighted by atomic mass is 9.74. The molecule has 2 aliphatic rings. The highest BCUT2D eigenvalue weighted by atomic mass is 35.5. The van der Waals surface area contributed by atoms with Gasteiger partial charge in [-0.05, 0) is 37.1 Å². The highest BCUT2D eigenvalue weighted by Crippen LogP contribution is 2.42. The van der Waals surface area contributed by atoms with E-state index in [9.17, 15) is 4.79 Å². The number of aromatic nitrogens is 1. The minimum absolute atomic E-state index is 0.0336. The average molecular weight is 318 g/mol. The number of likely N-dealkylation sites (tertiary alicyclic amines) is 1. The zero-order valence-corrected chi connectivity index (χ0v) is 13.4. The van der Waals surface area contributed by atoms with Crippen LogP contribution in [0.4, 0.5) is 0 Å². The molecule has 1 aliphatic heterocycles. The number of piperidine rings is 1. The number of nitrogens with one attached hydrogen (secondary N) is 2. The van der Waals surface area contributed by atoms with Gasteiger partial charge in [-0.1, -0.05) is 12.1 Å². The number of H-pyrrole nitrogens is 1. The van der Waals surface area contributed by atoms with Crippen LogP contribution < -0.4 is 5.32 Å². The molecule has 5 heteroatoms. The van der Waals surface area contributed by atoms with Crippen molar-refractivity contribution < 1.29 is 4.79 Å². The van der Waals surface area contributed by atoms with Gasteiger partial charge in [0.25, 0.3) is 0 Å². The van der Waals surface area contributed by atoms with Crippen LogP contribution in [0.3, 0.4) is 0 Å². The number of likely N-dealkylation sites (N-methyl/N-ethyl adjacent to an activating group) is 1. The van der Waals surface area contributed by atoms with Crippen molar-refractivity contribution in [1.29, 1.82) is 0 Å². The molecule has 22 heavy (non-hydrogen) atoms. The van der Waals surface area contributed by atoms with Crippen molar-refractivity contribution in [3.8, 4) is 0 Å². The SMILES string of the molecule is CN1C[C@H](NC(=O)CCl)C[C@@H]2c3cccc4[nH]cc(c34)C[C@H]21. The van der Waals surface area contributed by atoms with Crippen LogP contribution in [0.25, 0.3) is 10.9 Å². The third kappa shape index (κ3) is 2.13. The number of hydrogen-bond donors (Lipinski definition) is 2. The van der Waals surface area contributed by atoms with E-state index in [1.807, 2.05) is 0 Å². The van der Waals surface area contributed by atoms with Crippen molar-refractivity contribution in [3.05, 3.63) is 35.5 Å². The zero-order chi connectivity index (χ0) is 15.3. The molecule has 1 amide bonds. The van der Waals surface area contributed by atoms with Crippen LogP contribution in [0.2, 0.25) is 0 Å². The first-order chi connectivity index (χ1) is 10.7. The Kier molecular flexibility index (Phi) is 3.39. The molecule has 2 aromatic rings. The Labute approximate surface area is 134 Å². The number of halogens is 1. The van der Waals surface area contributed by atoms with Gasteiger partial charge in [-0.3, -0.25) is 4.79 Å². The predicted molar refractivity (Wildman–Crippen MR) is 88.4 cm³/mol. The predicted octanol–water partition coefficient (Wildman–Crippen LogP) is 2.24. The van der Waals surface area contributed by atoms with Crippen molar-refractivity contribution in [3.63, 3.8) is 0 Å². The molecular weight excluding hydrogens is 298 g/mol. The summed E-state index contributed by atoms with van der Waals surface area (Å²) in [5, 5.41) is 4.45. The minimum Gasteiger partial charge on any atom is -0.361 e. The molecule has 3 atom stereocenters. The number of carbonyl (C=O) groups excluding carboxylic acids is 1. The fourth-order valence-corrected chi connectivity index (χ4v) is 4.39. The number of hydrogen-bond acceptors (Lipinski definition) is 2. The van der Waals surface area contributed by atoms with E-state index in [0.29, 0.717) is 12.0 Å². The second kappa shape index (κ2) is 5.28. The summed E-state index contributed by atoms with van der Waals surface area (Å²) in [6, 6.07) is 7.20. The van der Waals surface area contributed by atoms with Crippen molar-refractivity contribution in [2.75, 3.05) is 19.5 Å². The molecule has 0 bridgehead atoms. The molecule has 0 spiro atoms. The van der Waals surface area contributed by atoms with E-state index in [-0.39, 0.29) is 17.8 Å². The van der Waals surface area contributed by atoms with Gasteiger partial charge in [0, 0.05) is 41.6 Å². The molecule has 2 N–H and O–H groups in total. The lowest BCUT2D eigenvalue weighted by Gasteiger charge is -2.45. The molecule has 1 saturated heterocycles. The minimum atomic E-state index is -0.0742. The number of fused-ring (bicyclic) bond motifs is 2. The summed E-state index contributed by atoms with van der Waals surface area (Å²) in [5.41, 5.74) is 4.06. The topological polar surface area (TPSA) is 48.1 Å². The monoisotopic (exact) mass is 317 g/mol. The maximum absolute atomic E-state index is 11.6. The maximum Gasteiger partial charge on any atom is 0.235 e. The number of carbonyl (C=O) groups is 1. The summed E-state index contributed by atoms with van der Waals surface area (Å²) in [7, 11) is 2.16. The Morgan fingerprint density at radius 3 is 3.18 bits per heavy atom. The Morgan fingerprint density at radius 1 is 1.50 bits per heavy atom. The molecule has 2 heterocycles. The van der Waals surface area contributed by atoms with Crippen molar-refractivity contribution in [2.45, 2.75) is 30.8 Å². The number of nitrogens with zero attached hydrogens (tertiary/aromatic N) is 1. The number of aromatic amines is 1. The van der Waals surface area contributed by atoms with Gasteiger partial charge >= 0.3 is 0 Å². The summed E-state index contributed by atoms with van der Waals surface area (Å²) in [6.07, 6.45) is 4.22. The highest BCUT2D eigenvalue weighted by molar-refractivity contribution is 6.27. The molecular formula is C17H20ClN3O. The molecule has 116 valence electrons. The van der Waals surface area contributed by atoms with E-state index in [4.69, 9.17) is 11.6 Å². The first kappa shape index (κ1) is 14.1. The van der Waals surface area contributed by atoms with E-state index in [0.717, 1.165) is 19.4 Å². The Balaban J connectivity index is 1.70. The summed E-state index contributed by atoms with van der Waals surface area (Å²) in [6.45, 7) is 0.888. The quantitative estimate of drug-likeness (QED) is 0.835. The first-order valence-corrected chi connectivity index (χ1v) is 8.35. The number of benzene rings is 1. The molecule has 1 aliphatic carbocycles. The first-order valence-electron chi connectivity index (χ1n) is 7.82. The lowest BCUT2D eigenvalue weighted by Crippen LogP contribution is -2.55. The number of rotatable bonds is 2. The van der Waals surface area contributed by atoms with Crippen LogP contribution in [0.15, 0.2) is 24.4 Å². The Morgan fingerprint density at radius 2 is 2.36 bits per heavy atom. The highest BCUT2D eigenvalue weighted by Gasteiger charge is 2.39. The molecule has 1 fully saturated rings. The third-order valence-corrected chi connectivity index (χ3v) is 5.45. The van der Waals surface area contributed by atoms with Gasteiger partial charge in [-0.15, -0.1) is 11.6 Å². The van der Waals surface area contributed by atoms with Crippen LogP contribution in [-0.2, 0) is 11.2 Å². The Hall–Kier alpha value is -1.52. The van der Waals surface area contributed by atoms with Crippen molar-refractivity contribution in [2.24, 2.45) is 0 Å². The summed E-state index contributed by atoms with van der Waals surface area (Å²) < 4.78 is 0. The molecule has 0 radical (unpaired) electrons. The second-order valence-corrected chi connectivity index (χ2v) is 6.80. The van der Waals surface area contributed by atoms with E-state index in [1.165, 1.54) is 22.0 Å². The zero-order valence-electron chi connectivity index (χ0n) is 12.6. The molecule has 1 aromatic heterocycles. The number of alkyl halides is 1. The molecule has 4 rings (SSSR count). The summed E-state index contributed by atoms with van der Waals surface area (Å²) in [4.78, 5) is 17.4. The normalized spacial score (nSPS) is 27.6. The van der Waals surface area contributed by atoms with Crippen molar-refractivity contribution >= 4 is 28.4 Å².